The Balaban J connectivity index is 1.64. The fraction of sp³-hybridized carbons (Fsp3) is 0.278. The van der Waals surface area contributed by atoms with Crippen LogP contribution in [0.3, 0.4) is 0 Å². The van der Waals surface area contributed by atoms with Gasteiger partial charge in [0.1, 0.15) is 0 Å². The molecule has 0 radical (unpaired) electrons. The smallest absolute Gasteiger partial charge is 0.239 e. The van der Waals surface area contributed by atoms with Crippen LogP contribution in [0.15, 0.2) is 48.5 Å². The minimum Gasteiger partial charge on any atom is -0.376 e. The van der Waals surface area contributed by atoms with Crippen molar-refractivity contribution in [2.45, 2.75) is 19.8 Å². The van der Waals surface area contributed by atoms with Gasteiger partial charge in [0.05, 0.1) is 6.54 Å². The summed E-state index contributed by atoms with van der Waals surface area (Å²) in [6, 6.07) is 16.0. The highest BCUT2D eigenvalue weighted by molar-refractivity contribution is 6.31. The first kappa shape index (κ1) is 16.4. The number of benzene rings is 2. The normalized spacial score (nSPS) is 10.3. The van der Waals surface area contributed by atoms with Crippen LogP contribution in [0, 0.1) is 6.92 Å². The van der Waals surface area contributed by atoms with Crippen molar-refractivity contribution in [1.29, 1.82) is 0 Å². The molecule has 3 nitrogen and oxygen atoms in total. The summed E-state index contributed by atoms with van der Waals surface area (Å²) in [6.07, 6.45) is 1.91. The van der Waals surface area contributed by atoms with E-state index < -0.39 is 0 Å². The zero-order chi connectivity index (χ0) is 15.8. The van der Waals surface area contributed by atoms with Gasteiger partial charge in [-0.05, 0) is 43.0 Å². The van der Waals surface area contributed by atoms with Gasteiger partial charge in [0, 0.05) is 17.3 Å². The summed E-state index contributed by atoms with van der Waals surface area (Å²) in [7, 11) is 0. The van der Waals surface area contributed by atoms with Gasteiger partial charge in [-0.15, -0.1) is 0 Å². The van der Waals surface area contributed by atoms with Crippen molar-refractivity contribution in [3.8, 4) is 0 Å². The second-order valence-corrected chi connectivity index (χ2v) is 5.66. The summed E-state index contributed by atoms with van der Waals surface area (Å²) in [5.74, 6) is -0.00948. The lowest BCUT2D eigenvalue weighted by molar-refractivity contribution is -0.119. The molecule has 0 aliphatic carbocycles. The summed E-state index contributed by atoms with van der Waals surface area (Å²) in [5.41, 5.74) is 3.18. The van der Waals surface area contributed by atoms with Crippen molar-refractivity contribution in [3.05, 3.63) is 64.7 Å². The molecular formula is C18H21ClN2O. The van der Waals surface area contributed by atoms with Gasteiger partial charge in [0.25, 0.3) is 0 Å². The van der Waals surface area contributed by atoms with Crippen molar-refractivity contribution < 1.29 is 4.79 Å². The lowest BCUT2D eigenvalue weighted by Crippen LogP contribution is -2.30. The summed E-state index contributed by atoms with van der Waals surface area (Å²) >= 11 is 6.05. The van der Waals surface area contributed by atoms with Crippen LogP contribution >= 0.6 is 11.6 Å². The van der Waals surface area contributed by atoms with Crippen molar-refractivity contribution >= 4 is 23.2 Å². The Labute approximate surface area is 136 Å². The molecule has 22 heavy (non-hydrogen) atoms. The first-order valence-electron chi connectivity index (χ1n) is 7.46. The molecule has 0 saturated carbocycles. The molecule has 4 heteroatoms. The molecule has 2 N–H and O–H groups in total. The number of hydrogen-bond acceptors (Lipinski definition) is 2. The molecule has 1 amide bonds. The molecule has 0 heterocycles. The first-order valence-corrected chi connectivity index (χ1v) is 7.83. The van der Waals surface area contributed by atoms with E-state index in [1.807, 2.05) is 43.3 Å². The van der Waals surface area contributed by atoms with Crippen molar-refractivity contribution in [2.75, 3.05) is 18.4 Å². The van der Waals surface area contributed by atoms with Crippen molar-refractivity contribution in [1.82, 2.24) is 5.32 Å². The van der Waals surface area contributed by atoms with Crippen LogP contribution in [0.2, 0.25) is 5.02 Å². The molecule has 0 saturated heterocycles. The predicted octanol–water partition coefficient (Wildman–Crippen LogP) is 3.81. The van der Waals surface area contributed by atoms with Crippen LogP contribution in [0.1, 0.15) is 17.5 Å². The zero-order valence-electron chi connectivity index (χ0n) is 12.7. The third kappa shape index (κ3) is 5.41. The average Bonchev–Trinajstić information content (AvgIpc) is 2.54. The summed E-state index contributed by atoms with van der Waals surface area (Å²) in [6.45, 7) is 2.89. The van der Waals surface area contributed by atoms with E-state index in [-0.39, 0.29) is 12.5 Å². The van der Waals surface area contributed by atoms with E-state index in [0.29, 0.717) is 11.6 Å². The van der Waals surface area contributed by atoms with E-state index in [0.717, 1.165) is 24.1 Å². The minimum atomic E-state index is -0.00948. The van der Waals surface area contributed by atoms with Crippen LogP contribution in [-0.4, -0.2) is 19.0 Å². The van der Waals surface area contributed by atoms with Gasteiger partial charge in [-0.2, -0.15) is 0 Å². The molecule has 0 aliphatic rings. The Morgan fingerprint density at radius 3 is 2.64 bits per heavy atom. The van der Waals surface area contributed by atoms with E-state index in [9.17, 15) is 4.79 Å². The van der Waals surface area contributed by atoms with Crippen LogP contribution in [0.5, 0.6) is 0 Å². The number of halogens is 1. The standard InChI is InChI=1S/C18H21ClN2O/c1-14-9-10-16(12-17(14)19)21-13-18(22)20-11-5-8-15-6-3-2-4-7-15/h2-4,6-7,9-10,12,21H,5,8,11,13H2,1H3,(H,20,22). The van der Waals surface area contributed by atoms with Gasteiger partial charge < -0.3 is 10.6 Å². The molecular weight excluding hydrogens is 296 g/mol. The largest absolute Gasteiger partial charge is 0.376 e. The van der Waals surface area contributed by atoms with Gasteiger partial charge >= 0.3 is 0 Å². The second-order valence-electron chi connectivity index (χ2n) is 5.26. The Hall–Kier alpha value is -2.00. The number of rotatable bonds is 7. The van der Waals surface area contributed by atoms with E-state index in [4.69, 9.17) is 11.6 Å². The summed E-state index contributed by atoms with van der Waals surface area (Å²) in [4.78, 5) is 11.8. The molecule has 0 aromatic heterocycles. The maximum absolute atomic E-state index is 11.8. The maximum atomic E-state index is 11.8. The van der Waals surface area contributed by atoms with Gasteiger partial charge in [-0.3, -0.25) is 4.79 Å². The number of carbonyl (C=O) groups is 1. The molecule has 0 atom stereocenters. The van der Waals surface area contributed by atoms with Crippen LogP contribution < -0.4 is 10.6 Å². The van der Waals surface area contributed by atoms with E-state index in [1.54, 1.807) is 0 Å². The third-order valence-electron chi connectivity index (χ3n) is 3.43. The highest BCUT2D eigenvalue weighted by atomic mass is 35.5. The van der Waals surface area contributed by atoms with Gasteiger partial charge in [-0.1, -0.05) is 48.0 Å². The maximum Gasteiger partial charge on any atom is 0.239 e. The lowest BCUT2D eigenvalue weighted by Gasteiger charge is -2.09. The quantitative estimate of drug-likeness (QED) is 0.763. The molecule has 2 aromatic rings. The molecule has 2 rings (SSSR count). The average molecular weight is 317 g/mol. The monoisotopic (exact) mass is 316 g/mol. The molecule has 0 aliphatic heterocycles. The lowest BCUT2D eigenvalue weighted by atomic mass is 10.1. The number of amides is 1. The van der Waals surface area contributed by atoms with E-state index >= 15 is 0 Å². The Bertz CT molecular complexity index is 614. The molecule has 0 fully saturated rings. The van der Waals surface area contributed by atoms with Crippen LogP contribution in [0.25, 0.3) is 0 Å². The molecule has 0 unspecified atom stereocenters. The van der Waals surface area contributed by atoms with Crippen molar-refractivity contribution in [2.24, 2.45) is 0 Å². The Kier molecular flexibility index (Phi) is 6.28. The summed E-state index contributed by atoms with van der Waals surface area (Å²) < 4.78 is 0. The predicted molar refractivity (Wildman–Crippen MR) is 92.5 cm³/mol. The van der Waals surface area contributed by atoms with Gasteiger partial charge in [0.2, 0.25) is 5.91 Å². The van der Waals surface area contributed by atoms with E-state index in [2.05, 4.69) is 22.8 Å². The molecule has 116 valence electrons. The zero-order valence-corrected chi connectivity index (χ0v) is 13.5. The van der Waals surface area contributed by atoms with Crippen molar-refractivity contribution in [3.63, 3.8) is 0 Å². The Morgan fingerprint density at radius 2 is 1.91 bits per heavy atom. The number of anilines is 1. The Morgan fingerprint density at radius 1 is 1.14 bits per heavy atom. The number of aryl methyl sites for hydroxylation is 2. The van der Waals surface area contributed by atoms with E-state index in [1.165, 1.54) is 5.56 Å². The van der Waals surface area contributed by atoms with Gasteiger partial charge in [-0.25, -0.2) is 0 Å². The highest BCUT2D eigenvalue weighted by Gasteiger charge is 2.02. The SMILES string of the molecule is Cc1ccc(NCC(=O)NCCCc2ccccc2)cc1Cl. The second kappa shape index (κ2) is 8.44. The highest BCUT2D eigenvalue weighted by Crippen LogP contribution is 2.19. The molecule has 0 spiro atoms. The first-order chi connectivity index (χ1) is 10.6. The third-order valence-corrected chi connectivity index (χ3v) is 3.84. The molecule has 2 aromatic carbocycles. The molecule has 0 bridgehead atoms. The van der Waals surface area contributed by atoms with Crippen LogP contribution in [-0.2, 0) is 11.2 Å². The number of hydrogen-bond donors (Lipinski definition) is 2. The minimum absolute atomic E-state index is 0.00948. The fourth-order valence-electron chi connectivity index (χ4n) is 2.11. The number of nitrogens with one attached hydrogen (secondary N) is 2. The number of carbonyl (C=O) groups excluding carboxylic acids is 1. The topological polar surface area (TPSA) is 41.1 Å². The summed E-state index contributed by atoms with van der Waals surface area (Å²) in [5, 5.41) is 6.69. The fourth-order valence-corrected chi connectivity index (χ4v) is 2.29. The van der Waals surface area contributed by atoms with Crippen LogP contribution in [0.4, 0.5) is 5.69 Å². The van der Waals surface area contributed by atoms with Gasteiger partial charge in [0.15, 0.2) is 0 Å².